The highest BCUT2D eigenvalue weighted by Crippen LogP contribution is 2.15. The first kappa shape index (κ1) is 24.9. The van der Waals surface area contributed by atoms with Crippen molar-refractivity contribution in [3.63, 3.8) is 0 Å². The second-order valence-corrected chi connectivity index (χ2v) is 6.64. The zero-order valence-corrected chi connectivity index (χ0v) is 17.5. The normalized spacial score (nSPS) is 10.1. The predicted molar refractivity (Wildman–Crippen MR) is 107 cm³/mol. The summed E-state index contributed by atoms with van der Waals surface area (Å²) in [6.45, 7) is 9.49. The molecule has 0 unspecified atom stereocenters. The predicted octanol–water partition coefficient (Wildman–Crippen LogP) is 1.15. The number of carbonyl (C=O) groups is 2. The van der Waals surface area contributed by atoms with Crippen molar-refractivity contribution >= 4 is 17.6 Å². The van der Waals surface area contributed by atoms with E-state index in [2.05, 4.69) is 18.7 Å². The minimum atomic E-state index is -0.932. The first-order valence-corrected chi connectivity index (χ1v) is 9.86. The molecule has 1 aromatic rings. The molecule has 6 heteroatoms. The zero-order valence-electron chi connectivity index (χ0n) is 17.5. The molecule has 0 aromatic heterocycles. The highest BCUT2D eigenvalue weighted by molar-refractivity contribution is 5.89. The van der Waals surface area contributed by atoms with Gasteiger partial charge in [-0.1, -0.05) is 19.8 Å². The lowest BCUT2D eigenvalue weighted by atomic mass is 10.2. The Hall–Kier alpha value is -2.08. The van der Waals surface area contributed by atoms with E-state index in [0.29, 0.717) is 12.2 Å². The Morgan fingerprint density at radius 2 is 1.63 bits per heavy atom. The number of rotatable bonds is 11. The van der Waals surface area contributed by atoms with Gasteiger partial charge in [0.05, 0.1) is 19.7 Å². The van der Waals surface area contributed by atoms with E-state index in [1.807, 2.05) is 45.3 Å². The number of quaternary nitrogens is 1. The highest BCUT2D eigenvalue weighted by Gasteiger charge is 2.09. The topological polar surface area (TPSA) is 74.1 Å². The van der Waals surface area contributed by atoms with E-state index in [1.54, 1.807) is 0 Å². The molecular formula is C21H36N2O4. The summed E-state index contributed by atoms with van der Waals surface area (Å²) in [6.07, 6.45) is 3.04. The molecule has 1 aromatic carbocycles. The van der Waals surface area contributed by atoms with Gasteiger partial charge in [0.25, 0.3) is 0 Å². The Balaban J connectivity index is 0.000000713. The smallest absolute Gasteiger partial charge is 0.338 e. The molecule has 0 radical (unpaired) electrons. The summed E-state index contributed by atoms with van der Waals surface area (Å²) < 4.78 is 5.22. The molecule has 154 valence electrons. The van der Waals surface area contributed by atoms with E-state index in [4.69, 9.17) is 4.74 Å². The Morgan fingerprint density at radius 3 is 2.07 bits per heavy atom. The number of hydrogen-bond donors (Lipinski definition) is 1. The number of carbonyl (C=O) groups excluding carboxylic acids is 2. The fourth-order valence-electron chi connectivity index (χ4n) is 2.35. The summed E-state index contributed by atoms with van der Waals surface area (Å²) >= 11 is 0. The lowest BCUT2D eigenvalue weighted by Crippen LogP contribution is -3.06. The Bertz CT molecular complexity index is 525. The maximum Gasteiger partial charge on any atom is 0.338 e. The third-order valence-electron chi connectivity index (χ3n) is 4.05. The fraction of sp³-hybridized carbons (Fsp3) is 0.619. The Kier molecular flexibility index (Phi) is 13.9. The summed E-state index contributed by atoms with van der Waals surface area (Å²) in [4.78, 5) is 25.1. The standard InChI is InChI=1S/C15H24N2O2.C6H12O2/c1-5-17(6-2)14-9-7-13(8-10-14)15(18)19-12-11-16(3)4;1-2-3-4-5-6(7)8/h7-10H,5-6,11-12H2,1-4H3;2-5H2,1H3,(H,7,8). The van der Waals surface area contributed by atoms with Gasteiger partial charge in [0.2, 0.25) is 0 Å². The molecular weight excluding hydrogens is 344 g/mol. The van der Waals surface area contributed by atoms with E-state index in [1.165, 1.54) is 4.90 Å². The average molecular weight is 381 g/mol. The first-order chi connectivity index (χ1) is 12.8. The minimum Gasteiger partial charge on any atom is -0.550 e. The van der Waals surface area contributed by atoms with E-state index in [0.717, 1.165) is 44.6 Å². The van der Waals surface area contributed by atoms with Crippen LogP contribution >= 0.6 is 0 Å². The number of ether oxygens (including phenoxy) is 1. The molecule has 0 aliphatic carbocycles. The number of aliphatic carboxylic acids is 1. The number of esters is 1. The number of benzene rings is 1. The summed E-state index contributed by atoms with van der Waals surface area (Å²) in [5.74, 6) is -1.18. The molecule has 0 saturated carbocycles. The van der Waals surface area contributed by atoms with Gasteiger partial charge in [-0.15, -0.1) is 0 Å². The minimum absolute atomic E-state index is 0.216. The molecule has 0 heterocycles. The van der Waals surface area contributed by atoms with Crippen molar-refractivity contribution in [3.8, 4) is 0 Å². The van der Waals surface area contributed by atoms with Crippen LogP contribution in [0, 0.1) is 0 Å². The van der Waals surface area contributed by atoms with Crippen LogP contribution in [0.5, 0.6) is 0 Å². The third kappa shape index (κ3) is 12.0. The van der Waals surface area contributed by atoms with Crippen molar-refractivity contribution in [3.05, 3.63) is 29.8 Å². The van der Waals surface area contributed by atoms with Crippen LogP contribution in [0.4, 0.5) is 5.69 Å². The molecule has 0 aliphatic rings. The van der Waals surface area contributed by atoms with Gasteiger partial charge < -0.3 is 24.4 Å². The van der Waals surface area contributed by atoms with Crippen molar-refractivity contribution < 1.29 is 24.3 Å². The number of anilines is 1. The zero-order chi connectivity index (χ0) is 20.7. The summed E-state index contributed by atoms with van der Waals surface area (Å²) in [5, 5.41) is 9.76. The molecule has 27 heavy (non-hydrogen) atoms. The number of nitrogens with zero attached hydrogens (tertiary/aromatic N) is 1. The lowest BCUT2D eigenvalue weighted by Gasteiger charge is -2.20. The SMILES string of the molecule is CCCCCC(=O)[O-].CCN(CC)c1ccc(C(=O)OCC[NH+](C)C)cc1. The van der Waals surface area contributed by atoms with E-state index < -0.39 is 5.97 Å². The molecule has 6 nitrogen and oxygen atoms in total. The number of carboxylic acids is 1. The largest absolute Gasteiger partial charge is 0.550 e. The van der Waals surface area contributed by atoms with E-state index in [-0.39, 0.29) is 12.4 Å². The second kappa shape index (κ2) is 15.0. The third-order valence-corrected chi connectivity index (χ3v) is 4.05. The van der Waals surface area contributed by atoms with Crippen LogP contribution in [0.25, 0.3) is 0 Å². The average Bonchev–Trinajstić information content (AvgIpc) is 2.63. The van der Waals surface area contributed by atoms with Gasteiger partial charge in [-0.25, -0.2) is 4.79 Å². The number of unbranched alkanes of at least 4 members (excludes halogenated alkanes) is 2. The van der Waals surface area contributed by atoms with Gasteiger partial charge in [-0.2, -0.15) is 0 Å². The van der Waals surface area contributed by atoms with Crippen LogP contribution in [0.1, 0.15) is 56.8 Å². The van der Waals surface area contributed by atoms with Crippen LogP contribution in [0.2, 0.25) is 0 Å². The van der Waals surface area contributed by atoms with Gasteiger partial charge in [0.1, 0.15) is 13.2 Å². The first-order valence-electron chi connectivity index (χ1n) is 9.86. The summed E-state index contributed by atoms with van der Waals surface area (Å²) in [5.41, 5.74) is 1.75. The quantitative estimate of drug-likeness (QED) is 0.460. The maximum absolute atomic E-state index is 11.8. The molecule has 0 spiro atoms. The lowest BCUT2D eigenvalue weighted by molar-refractivity contribution is -0.858. The van der Waals surface area contributed by atoms with Crippen LogP contribution in [0.3, 0.4) is 0 Å². The highest BCUT2D eigenvalue weighted by atomic mass is 16.5. The van der Waals surface area contributed by atoms with E-state index in [9.17, 15) is 14.7 Å². The Labute approximate surface area is 164 Å². The Morgan fingerprint density at radius 1 is 1.04 bits per heavy atom. The molecule has 0 aliphatic heterocycles. The fourth-order valence-corrected chi connectivity index (χ4v) is 2.35. The number of hydrogen-bond acceptors (Lipinski definition) is 5. The van der Waals surface area contributed by atoms with Crippen molar-refractivity contribution in [2.45, 2.75) is 46.5 Å². The molecule has 0 atom stereocenters. The molecule has 0 bridgehead atoms. The molecule has 0 amide bonds. The van der Waals surface area contributed by atoms with Crippen LogP contribution in [0.15, 0.2) is 24.3 Å². The molecule has 1 rings (SSSR count). The molecule has 0 saturated heterocycles. The maximum atomic E-state index is 11.8. The van der Waals surface area contributed by atoms with Crippen molar-refractivity contribution in [1.29, 1.82) is 0 Å². The van der Waals surface area contributed by atoms with Crippen LogP contribution in [-0.2, 0) is 9.53 Å². The van der Waals surface area contributed by atoms with Gasteiger partial charge in [-0.3, -0.25) is 0 Å². The monoisotopic (exact) mass is 380 g/mol. The molecule has 1 N–H and O–H groups in total. The molecule has 0 fully saturated rings. The summed E-state index contributed by atoms with van der Waals surface area (Å²) in [7, 11) is 4.07. The van der Waals surface area contributed by atoms with Gasteiger partial charge in [0.15, 0.2) is 0 Å². The number of likely N-dealkylation sites (N-methyl/N-ethyl adjacent to an activating group) is 1. The number of carboxylic acid groups (broad SMARTS) is 1. The van der Waals surface area contributed by atoms with Gasteiger partial charge in [-0.05, 0) is 51.0 Å². The van der Waals surface area contributed by atoms with Crippen LogP contribution < -0.4 is 14.9 Å². The number of nitrogens with one attached hydrogen (secondary N) is 1. The van der Waals surface area contributed by atoms with Gasteiger partial charge in [0, 0.05) is 24.7 Å². The van der Waals surface area contributed by atoms with Crippen LogP contribution in [-0.4, -0.2) is 52.3 Å². The summed E-state index contributed by atoms with van der Waals surface area (Å²) in [6, 6.07) is 7.61. The van der Waals surface area contributed by atoms with Crippen molar-refractivity contribution in [2.24, 2.45) is 0 Å². The van der Waals surface area contributed by atoms with E-state index >= 15 is 0 Å². The van der Waals surface area contributed by atoms with Crippen molar-refractivity contribution in [1.82, 2.24) is 0 Å². The van der Waals surface area contributed by atoms with Gasteiger partial charge >= 0.3 is 5.97 Å². The second-order valence-electron chi connectivity index (χ2n) is 6.64. The van der Waals surface area contributed by atoms with Crippen molar-refractivity contribution in [2.75, 3.05) is 45.2 Å².